The number of piperidine rings is 1. The number of piperazine rings is 1. The van der Waals surface area contributed by atoms with Gasteiger partial charge in [0.05, 0.1) is 11.6 Å². The highest BCUT2D eigenvalue weighted by Crippen LogP contribution is 2.53. The highest BCUT2D eigenvalue weighted by Gasteiger charge is 2.66. The molecule has 1 unspecified atom stereocenters. The molecular formula is C36H40N8O4S. The summed E-state index contributed by atoms with van der Waals surface area (Å²) in [7, 11) is -3.63. The monoisotopic (exact) mass is 680 g/mol. The Morgan fingerprint density at radius 3 is 1.98 bits per heavy atom. The van der Waals surface area contributed by atoms with Crippen molar-refractivity contribution in [3.8, 4) is 6.07 Å². The lowest BCUT2D eigenvalue weighted by atomic mass is 9.85. The van der Waals surface area contributed by atoms with Gasteiger partial charge in [-0.15, -0.1) is 0 Å². The van der Waals surface area contributed by atoms with Crippen molar-refractivity contribution in [1.29, 1.82) is 5.26 Å². The first-order valence-corrected chi connectivity index (χ1v) is 18.1. The number of carbonyl (C=O) groups is 2. The van der Waals surface area contributed by atoms with Gasteiger partial charge in [0.1, 0.15) is 11.4 Å². The second kappa shape index (κ2) is 13.1. The predicted octanol–water partition coefficient (Wildman–Crippen LogP) is 2.23. The molecule has 1 saturated carbocycles. The molecule has 1 amide bonds. The smallest absolute Gasteiger partial charge is 0.282 e. The number of nitrogens with one attached hydrogen (secondary N) is 1. The number of carbonyl (C=O) groups excluding carboxylic acids is 2. The van der Waals surface area contributed by atoms with E-state index in [1.165, 1.54) is 6.08 Å². The van der Waals surface area contributed by atoms with Crippen LogP contribution < -0.4 is 5.32 Å². The number of ketones is 1. The van der Waals surface area contributed by atoms with Crippen LogP contribution in [0, 0.1) is 23.2 Å². The van der Waals surface area contributed by atoms with E-state index >= 15 is 0 Å². The van der Waals surface area contributed by atoms with Crippen molar-refractivity contribution in [2.45, 2.75) is 44.3 Å². The molecule has 3 saturated heterocycles. The third-order valence-corrected chi connectivity index (χ3v) is 12.4. The van der Waals surface area contributed by atoms with Crippen LogP contribution >= 0.6 is 0 Å². The standard InChI is InChI=1S/C36H40N8O4S/c1-25(2)41-15-17-42(18-16-41)49(47,48)43-23-30-31(24-43)34(30)44-33(19-32(45)29-5-3-28(22-37)4-6-29)40-36(35(44)46,20-26-7-11-38-12-8-26)21-27-9-13-39-14-10-27/h3-14,19,25,30-31,34,40H,15-18,20-21,23-24H2,1-2H3/b33-19+/t30-,31+,34?. The Hall–Kier alpha value is -4.48. The van der Waals surface area contributed by atoms with Crippen molar-refractivity contribution in [2.24, 2.45) is 11.8 Å². The lowest BCUT2D eigenvalue weighted by Gasteiger charge is -2.38. The van der Waals surface area contributed by atoms with Gasteiger partial charge in [0.25, 0.3) is 16.1 Å². The van der Waals surface area contributed by atoms with Gasteiger partial charge in [-0.2, -0.15) is 22.3 Å². The van der Waals surface area contributed by atoms with Gasteiger partial charge in [-0.05, 0) is 73.5 Å². The van der Waals surface area contributed by atoms with Gasteiger partial charge < -0.3 is 5.32 Å². The average molecular weight is 681 g/mol. The Labute approximate surface area is 287 Å². The van der Waals surface area contributed by atoms with Gasteiger partial charge in [-0.3, -0.25) is 29.4 Å². The molecule has 0 spiro atoms. The van der Waals surface area contributed by atoms with Gasteiger partial charge >= 0.3 is 0 Å². The molecule has 7 rings (SSSR count). The number of hydrogen-bond acceptors (Lipinski definition) is 9. The summed E-state index contributed by atoms with van der Waals surface area (Å²) in [5, 5.41) is 12.7. The van der Waals surface area contributed by atoms with Gasteiger partial charge in [-0.25, -0.2) is 0 Å². The van der Waals surface area contributed by atoms with E-state index in [1.54, 1.807) is 62.6 Å². The number of pyridine rings is 2. The van der Waals surface area contributed by atoms with Gasteiger partial charge in [-0.1, -0.05) is 0 Å². The van der Waals surface area contributed by atoms with Crippen molar-refractivity contribution in [3.05, 3.63) is 107 Å². The Morgan fingerprint density at radius 2 is 1.47 bits per heavy atom. The van der Waals surface area contributed by atoms with E-state index in [9.17, 15) is 23.3 Å². The van der Waals surface area contributed by atoms with Crippen LogP contribution in [0.25, 0.3) is 0 Å². The SMILES string of the molecule is CC(C)N1CCN(S(=O)(=O)N2C[C@@H]3C(N4C(=O)C(Cc5ccncc5)(Cc5ccncc5)N/C4=C\C(=O)c4ccc(C#N)cc4)[C@@H]3C2)CC1. The van der Waals surface area contributed by atoms with Crippen molar-refractivity contribution >= 4 is 21.9 Å². The molecule has 254 valence electrons. The van der Waals surface area contributed by atoms with Crippen molar-refractivity contribution < 1.29 is 18.0 Å². The second-order valence-electron chi connectivity index (χ2n) is 13.7. The Kier molecular flexibility index (Phi) is 8.83. The van der Waals surface area contributed by atoms with Crippen LogP contribution in [0.15, 0.2) is 85.2 Å². The molecule has 1 aliphatic carbocycles. The minimum absolute atomic E-state index is 0.0523. The molecule has 0 bridgehead atoms. The summed E-state index contributed by atoms with van der Waals surface area (Å²) in [5.74, 6) is -0.157. The zero-order valence-corrected chi connectivity index (χ0v) is 28.5. The zero-order chi connectivity index (χ0) is 34.3. The van der Waals surface area contributed by atoms with E-state index in [2.05, 4.69) is 40.1 Å². The van der Waals surface area contributed by atoms with E-state index < -0.39 is 15.7 Å². The number of nitriles is 1. The first kappa shape index (κ1) is 33.0. The first-order chi connectivity index (χ1) is 23.6. The molecule has 12 nitrogen and oxygen atoms in total. The van der Waals surface area contributed by atoms with Gasteiger partial charge in [0.15, 0.2) is 5.78 Å². The largest absolute Gasteiger partial charge is 0.357 e. The van der Waals surface area contributed by atoms with E-state index in [4.69, 9.17) is 0 Å². The lowest BCUT2D eigenvalue weighted by Crippen LogP contribution is -2.54. The van der Waals surface area contributed by atoms with Crippen LogP contribution in [0.5, 0.6) is 0 Å². The van der Waals surface area contributed by atoms with Crippen LogP contribution in [-0.2, 0) is 27.8 Å². The number of nitrogens with zero attached hydrogens (tertiary/aromatic N) is 7. The molecule has 3 atom stereocenters. The fraction of sp³-hybridized carbons (Fsp3) is 0.417. The minimum Gasteiger partial charge on any atom is -0.357 e. The Balaban J connectivity index is 1.18. The maximum absolute atomic E-state index is 14.9. The maximum atomic E-state index is 14.9. The topological polar surface area (TPSA) is 143 Å². The number of benzene rings is 1. The lowest BCUT2D eigenvalue weighted by molar-refractivity contribution is -0.132. The first-order valence-electron chi connectivity index (χ1n) is 16.7. The summed E-state index contributed by atoms with van der Waals surface area (Å²) < 4.78 is 30.6. The number of amides is 1. The summed E-state index contributed by atoms with van der Waals surface area (Å²) in [6.45, 7) is 7.21. The fourth-order valence-electron chi connectivity index (χ4n) is 7.66. The van der Waals surface area contributed by atoms with E-state index in [1.807, 2.05) is 24.3 Å². The van der Waals surface area contributed by atoms with Gasteiger partial charge in [0.2, 0.25) is 0 Å². The molecule has 0 radical (unpaired) electrons. The fourth-order valence-corrected chi connectivity index (χ4v) is 9.33. The summed E-state index contributed by atoms with van der Waals surface area (Å²) in [4.78, 5) is 40.8. The molecule has 2 aromatic heterocycles. The third kappa shape index (κ3) is 6.37. The van der Waals surface area contributed by atoms with Crippen molar-refractivity contribution in [1.82, 2.24) is 33.7 Å². The normalized spacial score (nSPS) is 24.9. The minimum atomic E-state index is -3.63. The molecule has 4 aliphatic rings. The zero-order valence-electron chi connectivity index (χ0n) is 27.6. The predicted molar refractivity (Wildman–Crippen MR) is 182 cm³/mol. The van der Waals surface area contributed by atoms with Crippen molar-refractivity contribution in [3.63, 3.8) is 0 Å². The highest BCUT2D eigenvalue weighted by atomic mass is 32.2. The van der Waals surface area contributed by atoms with E-state index in [-0.39, 0.29) is 29.6 Å². The molecule has 1 aromatic carbocycles. The third-order valence-electron chi connectivity index (χ3n) is 10.4. The number of rotatable bonds is 10. The molecule has 3 aliphatic heterocycles. The molecular weight excluding hydrogens is 641 g/mol. The van der Waals surface area contributed by atoms with E-state index in [0.29, 0.717) is 75.1 Å². The summed E-state index contributed by atoms with van der Waals surface area (Å²) in [5.41, 5.74) is 1.55. The number of fused-ring (bicyclic) bond motifs is 1. The summed E-state index contributed by atoms with van der Waals surface area (Å²) in [6.07, 6.45) is 8.95. The average Bonchev–Trinajstić information content (AvgIpc) is 3.44. The Morgan fingerprint density at radius 1 is 0.918 bits per heavy atom. The molecule has 5 heterocycles. The van der Waals surface area contributed by atoms with E-state index in [0.717, 1.165) is 11.1 Å². The molecule has 13 heteroatoms. The van der Waals surface area contributed by atoms with Crippen LogP contribution in [0.2, 0.25) is 0 Å². The van der Waals surface area contributed by atoms with Crippen LogP contribution in [0.1, 0.15) is 40.9 Å². The summed E-state index contributed by atoms with van der Waals surface area (Å²) in [6, 6.07) is 16.1. The highest BCUT2D eigenvalue weighted by molar-refractivity contribution is 7.86. The molecule has 1 N–H and O–H groups in total. The van der Waals surface area contributed by atoms with Crippen LogP contribution in [-0.4, -0.2) is 105 Å². The van der Waals surface area contributed by atoms with Gasteiger partial charge in [0, 0.05) is 112 Å². The van der Waals surface area contributed by atoms with Crippen molar-refractivity contribution in [2.75, 3.05) is 39.3 Å². The maximum Gasteiger partial charge on any atom is 0.282 e. The number of allylic oxidation sites excluding steroid dienone is 1. The van der Waals surface area contributed by atoms with Crippen LogP contribution in [0.4, 0.5) is 0 Å². The number of hydrogen-bond donors (Lipinski definition) is 1. The molecule has 4 fully saturated rings. The summed E-state index contributed by atoms with van der Waals surface area (Å²) >= 11 is 0. The number of aromatic nitrogens is 2. The Bertz CT molecular complexity index is 1830. The molecule has 3 aromatic rings. The second-order valence-corrected chi connectivity index (χ2v) is 15.6. The molecule has 49 heavy (non-hydrogen) atoms. The quantitative estimate of drug-likeness (QED) is 0.252. The van der Waals surface area contributed by atoms with Crippen LogP contribution in [0.3, 0.4) is 0 Å².